The first kappa shape index (κ1) is 63.6. The number of hydrogen-bond acceptors (Lipinski definition) is 13. The van der Waals surface area contributed by atoms with Gasteiger partial charge in [0, 0.05) is 62.4 Å². The van der Waals surface area contributed by atoms with Crippen LogP contribution >= 0.6 is 22.7 Å². The predicted octanol–water partition coefficient (Wildman–Crippen LogP) is 16.3. The largest absolute Gasteiger partial charge is 0.490 e. The van der Waals surface area contributed by atoms with E-state index in [0.29, 0.717) is 35.5 Å². The molecule has 4 aliphatic heterocycles. The van der Waals surface area contributed by atoms with Crippen LogP contribution in [0.5, 0.6) is 11.5 Å². The van der Waals surface area contributed by atoms with Gasteiger partial charge >= 0.3 is 0 Å². The Morgan fingerprint density at radius 2 is 1.05 bits per heavy atom. The van der Waals surface area contributed by atoms with Gasteiger partial charge in [-0.15, -0.1) is 22.7 Å². The molecule has 0 amide bonds. The highest BCUT2D eigenvalue weighted by Crippen LogP contribution is 2.35. The third-order valence-electron chi connectivity index (χ3n) is 14.2. The van der Waals surface area contributed by atoms with Gasteiger partial charge in [-0.2, -0.15) is 0 Å². The highest BCUT2D eigenvalue weighted by molar-refractivity contribution is 7.15. The van der Waals surface area contributed by atoms with Crippen molar-refractivity contribution in [3.05, 3.63) is 127 Å². The molecule has 428 valence electrons. The maximum Gasteiger partial charge on any atom is 0.185 e. The number of fused-ring (bicyclic) bond motifs is 2. The zero-order chi connectivity index (χ0) is 57.1. The molecule has 2 saturated heterocycles. The Balaban J connectivity index is 0.000000174. The minimum atomic E-state index is 0.503. The highest BCUT2D eigenvalue weighted by Gasteiger charge is 2.20. The van der Waals surface area contributed by atoms with E-state index in [0.717, 1.165) is 75.7 Å². The van der Waals surface area contributed by atoms with Crippen molar-refractivity contribution in [2.24, 2.45) is 0 Å². The van der Waals surface area contributed by atoms with Crippen LogP contribution < -0.4 is 29.1 Å². The number of anilines is 4. The first-order chi connectivity index (χ1) is 37.1. The lowest BCUT2D eigenvalue weighted by atomic mass is 10.0. The van der Waals surface area contributed by atoms with Crippen LogP contribution in [0.4, 0.5) is 22.5 Å². The van der Waals surface area contributed by atoms with Crippen molar-refractivity contribution in [1.82, 2.24) is 19.9 Å². The number of hydrogen-bond donors (Lipinski definition) is 0. The maximum atomic E-state index is 5.64. The second kappa shape index (κ2) is 31.5. The Labute approximate surface area is 480 Å². The summed E-state index contributed by atoms with van der Waals surface area (Å²) in [6, 6.07) is 21.6. The molecule has 0 spiro atoms. The number of nitrogens with zero attached hydrogens (tertiary/aromatic N) is 8. The fraction of sp³-hybridized carbons (Fsp3) is 0.569. The van der Waals surface area contributed by atoms with E-state index < -0.39 is 0 Å². The van der Waals surface area contributed by atoms with Crippen molar-refractivity contribution in [3.8, 4) is 11.5 Å². The number of likely N-dealkylation sites (N-methyl/N-ethyl adjacent to an activating group) is 2. The van der Waals surface area contributed by atoms with Crippen LogP contribution in [-0.2, 0) is 4.74 Å². The molecule has 0 N–H and O–H groups in total. The molecule has 78 heavy (non-hydrogen) atoms. The third kappa shape index (κ3) is 19.5. The molecule has 10 rings (SSSR count). The second-order valence-corrected chi connectivity index (χ2v) is 25.2. The quantitative estimate of drug-likeness (QED) is 0.146. The highest BCUT2D eigenvalue weighted by atomic mass is 32.1. The Kier molecular flexibility index (Phi) is 25.7. The summed E-state index contributed by atoms with van der Waals surface area (Å²) in [4.78, 5) is 29.9. The summed E-state index contributed by atoms with van der Waals surface area (Å²) in [5.74, 6) is 7.53. The van der Waals surface area contributed by atoms with Crippen molar-refractivity contribution < 1.29 is 14.2 Å². The average Bonchev–Trinajstić information content (AvgIpc) is 4.01. The first-order valence-corrected chi connectivity index (χ1v) is 30.6. The Bertz CT molecular complexity index is 2630. The van der Waals surface area contributed by atoms with Gasteiger partial charge in [-0.3, -0.25) is 0 Å². The number of morpholine rings is 1. The minimum absolute atomic E-state index is 0.503. The van der Waals surface area contributed by atoms with Gasteiger partial charge < -0.3 is 33.8 Å². The standard InChI is InChI=1S/C12H18N2O.C12H20N2S.C12H17NO.C11H16N2O.C10H14.C8H13NS/c1-10(2)11-3-4-13-12(9-11)14-5-7-15-8-6-14;1-9(2)11-10(3)13-12(15-11)14-7-5-4-6-8-14;1-9(2)10-4-5-11-12(8-10)14-7-6-13(11)3;1-8(2)9-6-10-11(12-7-9)13(3)4-5-14-10;1-8(2)10-6-4-5-9(3)7-10;1-5(2)8-6(3)9-7(4)10-8/h3-4,9-10H,5-8H2,1-2H3;9H,4-8H2,1-3H3;4-5,8-9H,6-7H2,1-3H3;6-8H,4-5H2,1-3H3;4-8H,1-3H3;5H,1-4H3. The van der Waals surface area contributed by atoms with Crippen LogP contribution in [0, 0.1) is 27.7 Å². The van der Waals surface area contributed by atoms with E-state index >= 15 is 0 Å². The molecule has 8 heterocycles. The summed E-state index contributed by atoms with van der Waals surface area (Å²) < 4.78 is 16.6. The van der Waals surface area contributed by atoms with Gasteiger partial charge in [0.2, 0.25) is 0 Å². The molecule has 0 aliphatic carbocycles. The molecule has 0 radical (unpaired) electrons. The zero-order valence-corrected chi connectivity index (χ0v) is 52.8. The van der Waals surface area contributed by atoms with Gasteiger partial charge in [-0.05, 0) is 135 Å². The van der Waals surface area contributed by atoms with Crippen molar-refractivity contribution in [3.63, 3.8) is 0 Å². The van der Waals surface area contributed by atoms with Gasteiger partial charge in [0.1, 0.15) is 24.8 Å². The van der Waals surface area contributed by atoms with E-state index in [1.807, 2.05) is 42.1 Å². The van der Waals surface area contributed by atoms with Crippen LogP contribution in [0.25, 0.3) is 0 Å². The number of aromatic nitrogens is 4. The summed E-state index contributed by atoms with van der Waals surface area (Å²) in [6.07, 6.45) is 7.89. The molecule has 6 aromatic rings. The van der Waals surface area contributed by atoms with Crippen molar-refractivity contribution in [1.29, 1.82) is 0 Å². The molecule has 13 heteroatoms. The fourth-order valence-corrected chi connectivity index (χ4v) is 11.4. The summed E-state index contributed by atoms with van der Waals surface area (Å²) in [5, 5.41) is 2.43. The van der Waals surface area contributed by atoms with E-state index in [1.165, 1.54) is 97.1 Å². The minimum Gasteiger partial charge on any atom is -0.490 e. The van der Waals surface area contributed by atoms with Gasteiger partial charge in [-0.25, -0.2) is 19.9 Å². The van der Waals surface area contributed by atoms with Crippen LogP contribution in [0.1, 0.15) is 192 Å². The monoisotopic (exact) mass is 1100 g/mol. The van der Waals surface area contributed by atoms with Crippen molar-refractivity contribution in [2.75, 3.05) is 99.4 Å². The lowest BCUT2D eigenvalue weighted by Crippen LogP contribution is -2.36. The first-order valence-electron chi connectivity index (χ1n) is 29.0. The molecule has 11 nitrogen and oxygen atoms in total. The molecular weight excluding hydrogens is 1000 g/mol. The van der Waals surface area contributed by atoms with Gasteiger partial charge in [-0.1, -0.05) is 119 Å². The van der Waals surface area contributed by atoms with Crippen molar-refractivity contribution in [2.45, 2.75) is 166 Å². The van der Waals surface area contributed by atoms with E-state index in [4.69, 9.17) is 19.2 Å². The zero-order valence-electron chi connectivity index (χ0n) is 51.2. The second-order valence-electron chi connectivity index (χ2n) is 22.9. The molecular formula is C65H98N8O3S2. The smallest absolute Gasteiger partial charge is 0.185 e. The Morgan fingerprint density at radius 3 is 1.60 bits per heavy atom. The van der Waals surface area contributed by atoms with Gasteiger partial charge in [0.15, 0.2) is 16.7 Å². The van der Waals surface area contributed by atoms with Crippen molar-refractivity contribution >= 4 is 45.1 Å². The normalized spacial score (nSPS) is 14.9. The van der Waals surface area contributed by atoms with E-state index in [9.17, 15) is 0 Å². The van der Waals surface area contributed by atoms with Crippen LogP contribution in [0.2, 0.25) is 0 Å². The fourth-order valence-electron chi connectivity index (χ4n) is 9.31. The van der Waals surface area contributed by atoms with E-state index in [2.05, 4.69) is 213 Å². The number of pyridine rings is 2. The molecule has 0 unspecified atom stereocenters. The summed E-state index contributed by atoms with van der Waals surface area (Å²) in [6.45, 7) is 44.3. The topological polar surface area (TPSA) is 92.2 Å². The summed E-state index contributed by atoms with van der Waals surface area (Å²) >= 11 is 3.70. The summed E-state index contributed by atoms with van der Waals surface area (Å²) in [5.41, 5.74) is 10.4. The molecule has 2 fully saturated rings. The van der Waals surface area contributed by atoms with Crippen LogP contribution in [-0.4, -0.2) is 99.7 Å². The average molecular weight is 1100 g/mol. The number of thiazole rings is 2. The van der Waals surface area contributed by atoms with Crippen LogP contribution in [0.3, 0.4) is 0 Å². The van der Waals surface area contributed by atoms with Gasteiger partial charge in [0.25, 0.3) is 0 Å². The Morgan fingerprint density at radius 1 is 0.487 bits per heavy atom. The SMILES string of the molecule is CC(C)c1ccc2c(c1)OCCN2C.CC(C)c1ccnc(N2CCOCC2)c1.CC(C)c1cnc2c(c1)OCCN2C.Cc1cccc(C(C)C)c1.Cc1nc(C)c(C(C)C)s1.Cc1nc(N2CCCCC2)sc1C(C)C. The predicted molar refractivity (Wildman–Crippen MR) is 336 cm³/mol. The summed E-state index contributed by atoms with van der Waals surface area (Å²) in [7, 11) is 4.15. The van der Waals surface area contributed by atoms with Gasteiger partial charge in [0.05, 0.1) is 48.4 Å². The lowest BCUT2D eigenvalue weighted by molar-refractivity contribution is 0.122. The molecule has 4 aliphatic rings. The number of benzene rings is 2. The Hall–Kier alpha value is -5.24. The molecule has 0 bridgehead atoms. The van der Waals surface area contributed by atoms with E-state index in [1.54, 1.807) is 0 Å². The number of piperidine rings is 1. The molecule has 2 aromatic carbocycles. The number of ether oxygens (including phenoxy) is 3. The maximum absolute atomic E-state index is 5.64. The molecule has 4 aromatic heterocycles. The van der Waals surface area contributed by atoms with E-state index in [-0.39, 0.29) is 0 Å². The molecule has 0 atom stereocenters. The van der Waals surface area contributed by atoms with Crippen LogP contribution in [0.15, 0.2) is 73.1 Å². The molecule has 0 saturated carbocycles. The number of rotatable bonds is 8. The lowest BCUT2D eigenvalue weighted by Gasteiger charge is -2.28. The number of aryl methyl sites for hydroxylation is 4. The third-order valence-corrected chi connectivity index (χ3v) is 17.1.